The van der Waals surface area contributed by atoms with E-state index in [2.05, 4.69) is 27.8 Å². The summed E-state index contributed by atoms with van der Waals surface area (Å²) in [6.45, 7) is 3.70. The number of Topliss-reactive ketones (excluding diaryl/α,β-unsaturated/α-hetero) is 1. The molecule has 2 aliphatic carbocycles. The Hall–Kier alpha value is -3.54. The van der Waals surface area contributed by atoms with Crippen LogP contribution in [0.25, 0.3) is 0 Å². The second-order valence-electron chi connectivity index (χ2n) is 11.4. The number of likely N-dealkylation sites (tertiary alicyclic amines) is 1. The van der Waals surface area contributed by atoms with Crippen LogP contribution in [-0.4, -0.2) is 78.0 Å². The van der Waals surface area contributed by atoms with Crippen LogP contribution in [0.15, 0.2) is 30.2 Å². The lowest BCUT2D eigenvalue weighted by atomic mass is 9.83. The molecule has 2 saturated carbocycles. The van der Waals surface area contributed by atoms with Crippen molar-refractivity contribution in [2.75, 3.05) is 19.6 Å². The fourth-order valence-electron chi connectivity index (χ4n) is 5.79. The van der Waals surface area contributed by atoms with Crippen molar-refractivity contribution >= 4 is 46.7 Å². The van der Waals surface area contributed by atoms with Crippen LogP contribution in [0.1, 0.15) is 73.9 Å². The maximum absolute atomic E-state index is 13.3. The maximum atomic E-state index is 13.3. The first-order chi connectivity index (χ1) is 20.3. The topological polar surface area (TPSA) is 154 Å². The zero-order valence-electron chi connectivity index (χ0n) is 23.9. The fraction of sp³-hybridized carbons (Fsp3) is 0.600. The Bertz CT molecular complexity index is 1160. The summed E-state index contributed by atoms with van der Waals surface area (Å²) in [5.74, 6) is -2.85. The van der Waals surface area contributed by atoms with Crippen LogP contribution >= 0.6 is 11.3 Å². The molecule has 1 aromatic rings. The van der Waals surface area contributed by atoms with Crippen molar-refractivity contribution in [3.05, 3.63) is 35.0 Å². The summed E-state index contributed by atoms with van der Waals surface area (Å²) in [4.78, 5) is 79.5. The molecule has 3 unspecified atom stereocenters. The van der Waals surface area contributed by atoms with Crippen LogP contribution in [0.2, 0.25) is 0 Å². The van der Waals surface area contributed by atoms with Gasteiger partial charge in [0.2, 0.25) is 23.5 Å². The highest BCUT2D eigenvalue weighted by Gasteiger charge is 2.39. The van der Waals surface area contributed by atoms with E-state index in [0.717, 1.165) is 44.9 Å². The summed E-state index contributed by atoms with van der Waals surface area (Å²) in [5, 5.41) is 12.6. The van der Waals surface area contributed by atoms with Crippen LogP contribution in [0.3, 0.4) is 0 Å². The number of carbonyl (C=O) groups is 6. The molecular weight excluding hydrogens is 558 g/mol. The normalized spacial score (nSPS) is 20.2. The molecule has 3 aliphatic rings. The highest BCUT2D eigenvalue weighted by Crippen LogP contribution is 2.34. The Labute approximate surface area is 250 Å². The molecule has 0 radical (unpaired) electrons. The van der Waals surface area contributed by atoms with Gasteiger partial charge >= 0.3 is 0 Å². The molecule has 3 fully saturated rings. The molecule has 11 nitrogen and oxygen atoms in total. The van der Waals surface area contributed by atoms with Crippen LogP contribution in [0, 0.1) is 11.8 Å². The van der Waals surface area contributed by atoms with Crippen LogP contribution in [-0.2, 0) is 24.0 Å². The summed E-state index contributed by atoms with van der Waals surface area (Å²) < 4.78 is 0. The number of nitrogens with zero attached hydrogens (tertiary/aromatic N) is 1. The number of nitrogens with one attached hydrogen (secondary N) is 4. The van der Waals surface area contributed by atoms with Gasteiger partial charge in [0.05, 0.1) is 17.5 Å². The second kappa shape index (κ2) is 15.1. The standard InChI is InChI=1S/C30H41N5O6S/c1-2-14-31-30(41)26(37)21(17-19-12-13-19)33-27(38)22-10-6-15-35(22)24(36)18-32-29(40)25(20-8-4-3-5-9-20)34-28(39)23-11-7-16-42-23/h2,7,11,16,19-22,25H,1,3-6,8-10,12-15,17-18H2,(H,31,41)(H,32,40)(H,33,38)(H,34,39). The number of hydrogen-bond donors (Lipinski definition) is 4. The van der Waals surface area contributed by atoms with Crippen LogP contribution in [0.4, 0.5) is 0 Å². The minimum atomic E-state index is -0.963. The highest BCUT2D eigenvalue weighted by atomic mass is 32.1. The average Bonchev–Trinajstić information content (AvgIpc) is 3.42. The SMILES string of the molecule is C=CCNC(=O)C(=O)C(CC1CC1)NC(=O)C1CCCN1C(=O)CNC(=O)C(NC(=O)c1cccs1)C1CCCCC1. The molecule has 3 atom stereocenters. The van der Waals surface area contributed by atoms with E-state index in [0.29, 0.717) is 30.7 Å². The smallest absolute Gasteiger partial charge is 0.289 e. The molecule has 0 bridgehead atoms. The summed E-state index contributed by atoms with van der Waals surface area (Å²) in [5.41, 5.74) is 0. The quantitative estimate of drug-likeness (QED) is 0.189. The van der Waals surface area contributed by atoms with Gasteiger partial charge in [0.25, 0.3) is 11.8 Å². The van der Waals surface area contributed by atoms with Gasteiger partial charge in [-0.3, -0.25) is 28.8 Å². The van der Waals surface area contributed by atoms with Gasteiger partial charge in [0, 0.05) is 13.1 Å². The van der Waals surface area contributed by atoms with Gasteiger partial charge in [-0.2, -0.15) is 0 Å². The van der Waals surface area contributed by atoms with E-state index in [-0.39, 0.29) is 30.8 Å². The van der Waals surface area contributed by atoms with E-state index in [9.17, 15) is 28.8 Å². The van der Waals surface area contributed by atoms with E-state index >= 15 is 0 Å². The number of hydrogen-bond acceptors (Lipinski definition) is 7. The van der Waals surface area contributed by atoms with Gasteiger partial charge in [-0.1, -0.05) is 44.2 Å². The van der Waals surface area contributed by atoms with E-state index in [1.807, 2.05) is 0 Å². The first-order valence-electron chi connectivity index (χ1n) is 14.9. The third-order valence-corrected chi connectivity index (χ3v) is 9.12. The molecule has 1 aliphatic heterocycles. The summed E-state index contributed by atoms with van der Waals surface area (Å²) in [6, 6.07) is 0.960. The largest absolute Gasteiger partial charge is 0.346 e. The van der Waals surface area contributed by atoms with Crippen molar-refractivity contribution < 1.29 is 28.8 Å². The Balaban J connectivity index is 1.35. The van der Waals surface area contributed by atoms with Crippen molar-refractivity contribution in [2.45, 2.75) is 82.3 Å². The first kappa shape index (κ1) is 31.4. The van der Waals surface area contributed by atoms with Gasteiger partial charge in [-0.05, 0) is 55.4 Å². The average molecular weight is 600 g/mol. The van der Waals surface area contributed by atoms with E-state index in [4.69, 9.17) is 0 Å². The number of carbonyl (C=O) groups excluding carboxylic acids is 6. The third-order valence-electron chi connectivity index (χ3n) is 8.25. The molecule has 0 aromatic carbocycles. The number of ketones is 1. The fourth-order valence-corrected chi connectivity index (χ4v) is 6.42. The summed E-state index contributed by atoms with van der Waals surface area (Å²) in [6.07, 6.45) is 9.43. The molecule has 4 N–H and O–H groups in total. The monoisotopic (exact) mass is 599 g/mol. The van der Waals surface area contributed by atoms with Crippen molar-refractivity contribution in [1.82, 2.24) is 26.2 Å². The molecular formula is C30H41N5O6S. The van der Waals surface area contributed by atoms with E-state index in [1.165, 1.54) is 22.3 Å². The summed E-state index contributed by atoms with van der Waals surface area (Å²) in [7, 11) is 0. The number of rotatable bonds is 14. The summed E-state index contributed by atoms with van der Waals surface area (Å²) >= 11 is 1.30. The Morgan fingerprint density at radius 2 is 1.74 bits per heavy atom. The van der Waals surface area contributed by atoms with Crippen LogP contribution in [0.5, 0.6) is 0 Å². The van der Waals surface area contributed by atoms with Crippen molar-refractivity contribution in [3.8, 4) is 0 Å². The highest BCUT2D eigenvalue weighted by molar-refractivity contribution is 7.12. The zero-order valence-corrected chi connectivity index (χ0v) is 24.7. The van der Waals surface area contributed by atoms with Crippen LogP contribution < -0.4 is 21.3 Å². The third kappa shape index (κ3) is 8.50. The van der Waals surface area contributed by atoms with Crippen molar-refractivity contribution in [3.63, 3.8) is 0 Å². The minimum absolute atomic E-state index is 0.0207. The van der Waals surface area contributed by atoms with Gasteiger partial charge in [-0.15, -0.1) is 17.9 Å². The molecule has 4 rings (SSSR count). The van der Waals surface area contributed by atoms with Gasteiger partial charge in [0.1, 0.15) is 12.1 Å². The first-order valence-corrected chi connectivity index (χ1v) is 15.8. The molecule has 1 aromatic heterocycles. The predicted octanol–water partition coefficient (Wildman–Crippen LogP) is 1.69. The maximum Gasteiger partial charge on any atom is 0.289 e. The second-order valence-corrected chi connectivity index (χ2v) is 12.3. The lowest BCUT2D eigenvalue weighted by Gasteiger charge is -2.30. The molecule has 12 heteroatoms. The Kier molecular flexibility index (Phi) is 11.3. The molecule has 2 heterocycles. The van der Waals surface area contributed by atoms with E-state index < -0.39 is 47.5 Å². The minimum Gasteiger partial charge on any atom is -0.346 e. The van der Waals surface area contributed by atoms with Gasteiger partial charge < -0.3 is 26.2 Å². The molecule has 5 amide bonds. The van der Waals surface area contributed by atoms with Gasteiger partial charge in [-0.25, -0.2) is 0 Å². The number of thiophene rings is 1. The predicted molar refractivity (Wildman–Crippen MR) is 157 cm³/mol. The number of amides is 5. The van der Waals surface area contributed by atoms with Gasteiger partial charge in [0.15, 0.2) is 0 Å². The molecule has 1 saturated heterocycles. The van der Waals surface area contributed by atoms with Crippen molar-refractivity contribution in [2.24, 2.45) is 11.8 Å². The lowest BCUT2D eigenvalue weighted by molar-refractivity contribution is -0.142. The van der Waals surface area contributed by atoms with E-state index in [1.54, 1.807) is 17.5 Å². The Morgan fingerprint density at radius 1 is 0.976 bits per heavy atom. The van der Waals surface area contributed by atoms with Crippen molar-refractivity contribution in [1.29, 1.82) is 0 Å². The lowest BCUT2D eigenvalue weighted by Crippen LogP contribution is -2.55. The molecule has 228 valence electrons. The molecule has 42 heavy (non-hydrogen) atoms. The Morgan fingerprint density at radius 3 is 2.40 bits per heavy atom. The molecule has 0 spiro atoms. The zero-order chi connectivity index (χ0) is 30.1.